The van der Waals surface area contributed by atoms with Gasteiger partial charge in [0.05, 0.1) is 11.4 Å². The summed E-state index contributed by atoms with van der Waals surface area (Å²) in [6.45, 7) is 10.2. The van der Waals surface area contributed by atoms with E-state index in [1.165, 1.54) is 5.56 Å². The van der Waals surface area contributed by atoms with Gasteiger partial charge in [-0.2, -0.15) is 0 Å². The summed E-state index contributed by atoms with van der Waals surface area (Å²) in [5, 5.41) is 0. The maximum atomic E-state index is 5.99. The Morgan fingerprint density at radius 3 is 2.52 bits per heavy atom. The van der Waals surface area contributed by atoms with E-state index in [-0.39, 0.29) is 0 Å². The molecule has 0 radical (unpaired) electrons. The molecule has 0 aliphatic rings. The van der Waals surface area contributed by atoms with Crippen molar-refractivity contribution in [1.29, 1.82) is 0 Å². The molecule has 1 aromatic carbocycles. The molecule has 1 aromatic heterocycles. The first-order valence-electron chi connectivity index (χ1n) is 7.08. The van der Waals surface area contributed by atoms with Gasteiger partial charge in [0.15, 0.2) is 0 Å². The van der Waals surface area contributed by atoms with E-state index in [0.717, 1.165) is 28.5 Å². The van der Waals surface area contributed by atoms with Crippen LogP contribution in [0.25, 0.3) is 0 Å². The molecule has 21 heavy (non-hydrogen) atoms. The van der Waals surface area contributed by atoms with Gasteiger partial charge in [-0.25, -0.2) is 4.99 Å². The lowest BCUT2D eigenvalue weighted by Gasteiger charge is -2.13. The number of aromatic nitrogens is 2. The molecular weight excluding hydrogens is 278 g/mol. The topological polar surface area (TPSA) is 47.4 Å². The first-order chi connectivity index (χ1) is 9.97. The summed E-state index contributed by atoms with van der Waals surface area (Å²) in [5.74, 6) is 0.859. The summed E-state index contributed by atoms with van der Waals surface area (Å²) >= 11 is 0. The molecule has 110 valence electrons. The fourth-order valence-electron chi connectivity index (χ4n) is 2.06. The van der Waals surface area contributed by atoms with Crippen molar-refractivity contribution < 1.29 is 4.43 Å². The molecule has 1 heterocycles. The van der Waals surface area contributed by atoms with Gasteiger partial charge >= 0.3 is 0 Å². The first-order valence-corrected chi connectivity index (χ1v) is 9.86. The van der Waals surface area contributed by atoms with Crippen LogP contribution in [0.15, 0.2) is 35.6 Å². The molecule has 4 nitrogen and oxygen atoms in total. The lowest BCUT2D eigenvalue weighted by atomic mass is 10.2. The van der Waals surface area contributed by atoms with E-state index in [1.54, 1.807) is 12.4 Å². The molecule has 0 fully saturated rings. The Hall–Kier alpha value is -2.01. The summed E-state index contributed by atoms with van der Waals surface area (Å²) in [7, 11) is -1.17. The molecule has 5 heteroatoms. The SMILES string of the molecule is CC(=Nc1ccc(C)cc1O[SiH](C)C)c1nccnc1C. The van der Waals surface area contributed by atoms with E-state index in [4.69, 9.17) is 9.42 Å². The fourth-order valence-corrected chi connectivity index (χ4v) is 2.76. The summed E-state index contributed by atoms with van der Waals surface area (Å²) < 4.78 is 5.99. The second-order valence-corrected chi connectivity index (χ2v) is 7.66. The molecule has 0 bridgehead atoms. The first kappa shape index (κ1) is 15.4. The van der Waals surface area contributed by atoms with E-state index in [1.807, 2.05) is 32.0 Å². The van der Waals surface area contributed by atoms with Crippen LogP contribution in [0.5, 0.6) is 5.75 Å². The maximum Gasteiger partial charge on any atom is 0.229 e. The lowest BCUT2D eigenvalue weighted by Crippen LogP contribution is -2.11. The van der Waals surface area contributed by atoms with Crippen molar-refractivity contribution >= 4 is 20.4 Å². The third-order valence-electron chi connectivity index (χ3n) is 2.99. The predicted octanol–water partition coefficient (Wildman–Crippen LogP) is 3.60. The van der Waals surface area contributed by atoms with Crippen LogP contribution < -0.4 is 4.43 Å². The van der Waals surface area contributed by atoms with Gasteiger partial charge in [-0.15, -0.1) is 0 Å². The number of rotatable bonds is 4. The molecule has 2 rings (SSSR count). The predicted molar refractivity (Wildman–Crippen MR) is 89.3 cm³/mol. The Balaban J connectivity index is 2.42. The zero-order valence-corrected chi connectivity index (χ0v) is 14.4. The van der Waals surface area contributed by atoms with Gasteiger partial charge in [-0.05, 0) is 51.6 Å². The van der Waals surface area contributed by atoms with Crippen molar-refractivity contribution in [2.24, 2.45) is 4.99 Å². The smallest absolute Gasteiger partial charge is 0.229 e. The zero-order valence-electron chi connectivity index (χ0n) is 13.2. The molecule has 0 atom stereocenters. The van der Waals surface area contributed by atoms with E-state index in [0.29, 0.717) is 0 Å². The Morgan fingerprint density at radius 1 is 1.14 bits per heavy atom. The quantitative estimate of drug-likeness (QED) is 0.640. The van der Waals surface area contributed by atoms with Crippen molar-refractivity contribution in [2.75, 3.05) is 0 Å². The van der Waals surface area contributed by atoms with Crippen LogP contribution in [-0.4, -0.2) is 24.7 Å². The number of aryl methyl sites for hydroxylation is 2. The fraction of sp³-hybridized carbons (Fsp3) is 0.312. The van der Waals surface area contributed by atoms with Crippen LogP contribution in [0, 0.1) is 13.8 Å². The van der Waals surface area contributed by atoms with Gasteiger partial charge in [0.1, 0.15) is 17.1 Å². The average Bonchev–Trinajstić information content (AvgIpc) is 2.41. The van der Waals surface area contributed by atoms with Crippen LogP contribution in [-0.2, 0) is 0 Å². The molecule has 0 saturated carbocycles. The van der Waals surface area contributed by atoms with Crippen LogP contribution in [0.3, 0.4) is 0 Å². The molecule has 2 aromatic rings. The van der Waals surface area contributed by atoms with Gasteiger partial charge < -0.3 is 4.43 Å². The highest BCUT2D eigenvalue weighted by atomic mass is 28.3. The van der Waals surface area contributed by atoms with Crippen molar-refractivity contribution in [3.63, 3.8) is 0 Å². The Labute approximate surface area is 127 Å². The highest BCUT2D eigenvalue weighted by molar-refractivity contribution is 6.49. The van der Waals surface area contributed by atoms with Crippen molar-refractivity contribution in [1.82, 2.24) is 9.97 Å². The molecule has 0 aliphatic heterocycles. The second-order valence-electron chi connectivity index (χ2n) is 5.33. The van der Waals surface area contributed by atoms with Crippen LogP contribution in [0.2, 0.25) is 13.1 Å². The highest BCUT2D eigenvalue weighted by Gasteiger charge is 2.09. The van der Waals surface area contributed by atoms with Gasteiger partial charge in [-0.3, -0.25) is 9.97 Å². The second kappa shape index (κ2) is 6.63. The Bertz CT molecular complexity index is 668. The molecular formula is C16H21N3OSi. The minimum atomic E-state index is -1.17. The highest BCUT2D eigenvalue weighted by Crippen LogP contribution is 2.29. The number of aliphatic imine (C=N–C) groups is 1. The number of nitrogens with zero attached hydrogens (tertiary/aromatic N) is 3. The number of hydrogen-bond acceptors (Lipinski definition) is 4. The van der Waals surface area contributed by atoms with Gasteiger partial charge in [0.25, 0.3) is 0 Å². The molecule has 0 saturated heterocycles. The summed E-state index contributed by atoms with van der Waals surface area (Å²) in [4.78, 5) is 13.3. The molecule has 0 N–H and O–H groups in total. The largest absolute Gasteiger partial charge is 0.546 e. The van der Waals surface area contributed by atoms with Crippen molar-refractivity contribution in [3.8, 4) is 5.75 Å². The van der Waals surface area contributed by atoms with E-state index >= 15 is 0 Å². The molecule has 0 unspecified atom stereocenters. The standard InChI is InChI=1S/C16H21N3OSi/c1-11-6-7-14(15(10-11)20-21(4)5)19-13(3)16-12(2)17-8-9-18-16/h6-10,21H,1-5H3. The Kier molecular flexibility index (Phi) is 4.85. The average molecular weight is 299 g/mol. The van der Waals surface area contributed by atoms with Crippen LogP contribution >= 0.6 is 0 Å². The molecule has 0 aliphatic carbocycles. The number of benzene rings is 1. The van der Waals surface area contributed by atoms with Gasteiger partial charge in [-0.1, -0.05) is 6.07 Å². The van der Waals surface area contributed by atoms with Crippen LogP contribution in [0.4, 0.5) is 5.69 Å². The normalized spacial score (nSPS) is 11.8. The van der Waals surface area contributed by atoms with E-state index < -0.39 is 9.04 Å². The summed E-state index contributed by atoms with van der Waals surface area (Å²) in [5.41, 5.74) is 4.58. The molecule has 0 amide bonds. The number of hydrogen-bond donors (Lipinski definition) is 0. The van der Waals surface area contributed by atoms with Gasteiger partial charge in [0, 0.05) is 12.4 Å². The Morgan fingerprint density at radius 2 is 1.86 bits per heavy atom. The minimum Gasteiger partial charge on any atom is -0.546 e. The third kappa shape index (κ3) is 3.98. The minimum absolute atomic E-state index is 0.825. The van der Waals surface area contributed by atoms with E-state index in [2.05, 4.69) is 30.0 Å². The monoisotopic (exact) mass is 299 g/mol. The van der Waals surface area contributed by atoms with Crippen molar-refractivity contribution in [3.05, 3.63) is 47.5 Å². The zero-order chi connectivity index (χ0) is 15.4. The molecule has 0 spiro atoms. The lowest BCUT2D eigenvalue weighted by molar-refractivity contribution is 0.581. The summed E-state index contributed by atoms with van der Waals surface area (Å²) in [6.07, 6.45) is 3.38. The maximum absolute atomic E-state index is 5.99. The summed E-state index contributed by atoms with van der Waals surface area (Å²) in [6, 6.07) is 6.09. The van der Waals surface area contributed by atoms with Crippen LogP contribution in [0.1, 0.15) is 23.9 Å². The van der Waals surface area contributed by atoms with E-state index in [9.17, 15) is 0 Å². The van der Waals surface area contributed by atoms with Gasteiger partial charge in [0.2, 0.25) is 9.04 Å². The third-order valence-corrected chi connectivity index (χ3v) is 3.72. The van der Waals surface area contributed by atoms with Crippen molar-refractivity contribution in [2.45, 2.75) is 33.9 Å².